The Morgan fingerprint density at radius 2 is 2.18 bits per heavy atom. The summed E-state index contributed by atoms with van der Waals surface area (Å²) >= 11 is 0. The Morgan fingerprint density at radius 3 is 2.88 bits per heavy atom. The third-order valence-corrected chi connectivity index (χ3v) is 2.47. The van der Waals surface area contributed by atoms with Crippen LogP contribution in [0.25, 0.3) is 11.1 Å². The van der Waals surface area contributed by atoms with Crippen molar-refractivity contribution in [1.82, 2.24) is 4.98 Å². The fourth-order valence-electron chi connectivity index (χ4n) is 1.63. The second kappa shape index (κ2) is 4.54. The summed E-state index contributed by atoms with van der Waals surface area (Å²) in [6, 6.07) is 11.3. The second-order valence-electron chi connectivity index (χ2n) is 3.46. The summed E-state index contributed by atoms with van der Waals surface area (Å²) in [6.07, 6.45) is 1.59. The molecule has 4 nitrogen and oxygen atoms in total. The van der Waals surface area contributed by atoms with Crippen molar-refractivity contribution in [2.75, 3.05) is 12.8 Å². The molecule has 0 saturated heterocycles. The summed E-state index contributed by atoms with van der Waals surface area (Å²) in [5, 5.41) is 9.09. The van der Waals surface area contributed by atoms with Gasteiger partial charge >= 0.3 is 0 Å². The van der Waals surface area contributed by atoms with Gasteiger partial charge in [-0.3, -0.25) is 0 Å². The first-order valence-electron chi connectivity index (χ1n) is 5.05. The molecular formula is C13H11N3O. The van der Waals surface area contributed by atoms with Gasteiger partial charge in [0.1, 0.15) is 23.2 Å². The number of pyridine rings is 1. The summed E-state index contributed by atoms with van der Waals surface area (Å²) in [7, 11) is 1.60. The van der Waals surface area contributed by atoms with Crippen LogP contribution in [0.1, 0.15) is 5.56 Å². The lowest BCUT2D eigenvalue weighted by atomic mass is 10.0. The highest BCUT2D eigenvalue weighted by molar-refractivity contribution is 5.75. The molecule has 0 amide bonds. The molecule has 0 bridgehead atoms. The number of hydrogen-bond acceptors (Lipinski definition) is 4. The Hall–Kier alpha value is -2.54. The Morgan fingerprint density at radius 1 is 1.35 bits per heavy atom. The van der Waals surface area contributed by atoms with Gasteiger partial charge in [-0.05, 0) is 23.8 Å². The molecule has 0 atom stereocenters. The van der Waals surface area contributed by atoms with Gasteiger partial charge in [0.15, 0.2) is 0 Å². The lowest BCUT2D eigenvalue weighted by Gasteiger charge is -2.07. The number of nitrogens with zero attached hydrogens (tertiary/aromatic N) is 2. The molecule has 2 aromatic rings. The SMILES string of the molecule is COc1cccc(-c2ccnc(N)c2C#N)c1. The number of methoxy groups -OCH3 is 1. The minimum atomic E-state index is 0.243. The van der Waals surface area contributed by atoms with Crippen LogP contribution in [-0.2, 0) is 0 Å². The Balaban J connectivity index is 2.61. The summed E-state index contributed by atoms with van der Waals surface area (Å²) in [4.78, 5) is 3.90. The second-order valence-corrected chi connectivity index (χ2v) is 3.46. The van der Waals surface area contributed by atoms with Gasteiger partial charge in [0, 0.05) is 11.8 Å². The quantitative estimate of drug-likeness (QED) is 0.850. The van der Waals surface area contributed by atoms with E-state index < -0.39 is 0 Å². The largest absolute Gasteiger partial charge is 0.497 e. The Bertz CT molecular complexity index is 587. The highest BCUT2D eigenvalue weighted by Crippen LogP contribution is 2.28. The standard InChI is InChI=1S/C13H11N3O/c1-17-10-4-2-3-9(7-10)11-5-6-16-13(15)12(11)8-14/h2-7H,1H3,(H2,15,16). The molecule has 1 aromatic carbocycles. The lowest BCUT2D eigenvalue weighted by molar-refractivity contribution is 0.415. The molecule has 4 heteroatoms. The molecule has 0 unspecified atom stereocenters. The predicted octanol–water partition coefficient (Wildman–Crippen LogP) is 2.21. The first kappa shape index (κ1) is 11.0. The molecule has 84 valence electrons. The van der Waals surface area contributed by atoms with Gasteiger partial charge in [-0.25, -0.2) is 4.98 Å². The van der Waals surface area contributed by atoms with Gasteiger partial charge < -0.3 is 10.5 Å². The average molecular weight is 225 g/mol. The number of nitriles is 1. The smallest absolute Gasteiger partial charge is 0.141 e. The lowest BCUT2D eigenvalue weighted by Crippen LogP contribution is -1.96. The first-order chi connectivity index (χ1) is 8.26. The van der Waals surface area contributed by atoms with Crippen molar-refractivity contribution < 1.29 is 4.74 Å². The minimum Gasteiger partial charge on any atom is -0.497 e. The van der Waals surface area contributed by atoms with E-state index in [0.717, 1.165) is 16.9 Å². The fourth-order valence-corrected chi connectivity index (χ4v) is 1.63. The van der Waals surface area contributed by atoms with E-state index in [2.05, 4.69) is 11.1 Å². The van der Waals surface area contributed by atoms with Gasteiger partial charge in [-0.1, -0.05) is 12.1 Å². The molecular weight excluding hydrogens is 214 g/mol. The van der Waals surface area contributed by atoms with Gasteiger partial charge in [-0.15, -0.1) is 0 Å². The zero-order chi connectivity index (χ0) is 12.3. The number of anilines is 1. The van der Waals surface area contributed by atoms with Crippen LogP contribution in [0.15, 0.2) is 36.5 Å². The number of hydrogen-bond donors (Lipinski definition) is 1. The number of nitrogens with two attached hydrogens (primary N) is 1. The normalized spacial score (nSPS) is 9.65. The summed E-state index contributed by atoms with van der Waals surface area (Å²) in [6.45, 7) is 0. The van der Waals surface area contributed by atoms with Crippen LogP contribution in [0.2, 0.25) is 0 Å². The molecule has 0 fully saturated rings. The minimum absolute atomic E-state index is 0.243. The maximum absolute atomic E-state index is 9.09. The topological polar surface area (TPSA) is 71.9 Å². The molecule has 0 saturated carbocycles. The van der Waals surface area contributed by atoms with Crippen LogP contribution in [0.4, 0.5) is 5.82 Å². The first-order valence-corrected chi connectivity index (χ1v) is 5.05. The number of ether oxygens (including phenoxy) is 1. The van der Waals surface area contributed by atoms with E-state index in [1.807, 2.05) is 24.3 Å². The van der Waals surface area contributed by atoms with Crippen molar-refractivity contribution in [3.63, 3.8) is 0 Å². The maximum Gasteiger partial charge on any atom is 0.141 e. The Labute approximate surface area is 99.3 Å². The summed E-state index contributed by atoms with van der Waals surface area (Å²) in [5.74, 6) is 0.981. The molecule has 1 aromatic heterocycles. The van der Waals surface area contributed by atoms with Crippen LogP contribution >= 0.6 is 0 Å². The van der Waals surface area contributed by atoms with E-state index in [1.54, 1.807) is 19.4 Å². The molecule has 1 heterocycles. The van der Waals surface area contributed by atoms with Crippen LogP contribution in [0, 0.1) is 11.3 Å². The van der Waals surface area contributed by atoms with Gasteiger partial charge in [-0.2, -0.15) is 5.26 Å². The molecule has 17 heavy (non-hydrogen) atoms. The molecule has 0 spiro atoms. The van der Waals surface area contributed by atoms with E-state index in [4.69, 9.17) is 15.7 Å². The van der Waals surface area contributed by atoms with Crippen LogP contribution < -0.4 is 10.5 Å². The van der Waals surface area contributed by atoms with E-state index in [1.165, 1.54) is 0 Å². The Kier molecular flexibility index (Phi) is 2.93. The number of benzene rings is 1. The zero-order valence-corrected chi connectivity index (χ0v) is 9.34. The van der Waals surface area contributed by atoms with E-state index in [0.29, 0.717) is 5.56 Å². The van der Waals surface area contributed by atoms with Gasteiger partial charge in [0.2, 0.25) is 0 Å². The average Bonchev–Trinajstić information content (AvgIpc) is 2.38. The summed E-state index contributed by atoms with van der Waals surface area (Å²) in [5.41, 5.74) is 7.71. The highest BCUT2D eigenvalue weighted by Gasteiger charge is 2.09. The van der Waals surface area contributed by atoms with Crippen LogP contribution in [-0.4, -0.2) is 12.1 Å². The zero-order valence-electron chi connectivity index (χ0n) is 9.34. The van der Waals surface area contributed by atoms with Gasteiger partial charge in [0.25, 0.3) is 0 Å². The van der Waals surface area contributed by atoms with Crippen molar-refractivity contribution in [3.8, 4) is 22.9 Å². The number of nitrogen functional groups attached to an aromatic ring is 1. The van der Waals surface area contributed by atoms with E-state index in [-0.39, 0.29) is 5.82 Å². The number of aromatic nitrogens is 1. The predicted molar refractivity (Wildman–Crippen MR) is 65.4 cm³/mol. The van der Waals surface area contributed by atoms with E-state index in [9.17, 15) is 0 Å². The molecule has 0 aliphatic carbocycles. The van der Waals surface area contributed by atoms with E-state index >= 15 is 0 Å². The fraction of sp³-hybridized carbons (Fsp3) is 0.0769. The molecule has 0 radical (unpaired) electrons. The van der Waals surface area contributed by atoms with Crippen LogP contribution in [0.3, 0.4) is 0 Å². The maximum atomic E-state index is 9.09. The van der Waals surface area contributed by atoms with Crippen molar-refractivity contribution in [2.45, 2.75) is 0 Å². The highest BCUT2D eigenvalue weighted by atomic mass is 16.5. The van der Waals surface area contributed by atoms with Gasteiger partial charge in [0.05, 0.1) is 7.11 Å². The molecule has 2 rings (SSSR count). The van der Waals surface area contributed by atoms with Crippen molar-refractivity contribution in [3.05, 3.63) is 42.1 Å². The van der Waals surface area contributed by atoms with Crippen molar-refractivity contribution in [1.29, 1.82) is 5.26 Å². The third-order valence-electron chi connectivity index (χ3n) is 2.47. The van der Waals surface area contributed by atoms with Crippen molar-refractivity contribution in [2.24, 2.45) is 0 Å². The third kappa shape index (κ3) is 2.04. The van der Waals surface area contributed by atoms with Crippen molar-refractivity contribution >= 4 is 5.82 Å². The molecule has 0 aliphatic heterocycles. The summed E-state index contributed by atoms with van der Waals surface area (Å²) < 4.78 is 5.15. The van der Waals surface area contributed by atoms with Crippen LogP contribution in [0.5, 0.6) is 5.75 Å². The molecule has 2 N–H and O–H groups in total. The molecule has 0 aliphatic rings. The number of rotatable bonds is 2. The monoisotopic (exact) mass is 225 g/mol.